The zero-order chi connectivity index (χ0) is 26.4. The Bertz CT molecular complexity index is 1240. The molecule has 1 saturated heterocycles. The molecule has 4 rings (SSSR count). The molecule has 37 heavy (non-hydrogen) atoms. The lowest BCUT2D eigenvalue weighted by Crippen LogP contribution is -2.37. The van der Waals surface area contributed by atoms with Gasteiger partial charge in [0.2, 0.25) is 5.91 Å². The minimum atomic E-state index is -0.942. The van der Waals surface area contributed by atoms with Crippen LogP contribution in [0.1, 0.15) is 30.9 Å². The summed E-state index contributed by atoms with van der Waals surface area (Å²) in [5, 5.41) is 2.83. The first-order chi connectivity index (χ1) is 17.9. The Balaban J connectivity index is 1.53. The molecule has 1 fully saturated rings. The molecule has 0 spiro atoms. The largest absolute Gasteiger partial charge is 0.497 e. The molecule has 1 heterocycles. The van der Waals surface area contributed by atoms with E-state index >= 15 is 0 Å². The molecule has 4 amide bonds. The van der Waals surface area contributed by atoms with Crippen LogP contribution in [0.5, 0.6) is 11.5 Å². The number of nitrogens with one attached hydrogen (secondary N) is 1. The number of hydrogen-bond acceptors (Lipinski definition) is 5. The quantitative estimate of drug-likeness (QED) is 0.388. The van der Waals surface area contributed by atoms with Gasteiger partial charge in [0, 0.05) is 12.2 Å². The lowest BCUT2D eigenvalue weighted by Gasteiger charge is -2.22. The third-order valence-corrected chi connectivity index (χ3v) is 6.11. The van der Waals surface area contributed by atoms with Crippen LogP contribution >= 0.6 is 0 Å². The van der Waals surface area contributed by atoms with Gasteiger partial charge in [-0.3, -0.25) is 9.59 Å². The number of anilines is 2. The Labute approximate surface area is 216 Å². The zero-order valence-electron chi connectivity index (χ0n) is 21.3. The fourth-order valence-electron chi connectivity index (χ4n) is 4.11. The minimum Gasteiger partial charge on any atom is -0.497 e. The van der Waals surface area contributed by atoms with E-state index < -0.39 is 18.0 Å². The third-order valence-electron chi connectivity index (χ3n) is 6.11. The number of imide groups is 1. The van der Waals surface area contributed by atoms with Gasteiger partial charge in [0.25, 0.3) is 5.91 Å². The van der Waals surface area contributed by atoms with Crippen LogP contribution in [0.3, 0.4) is 0 Å². The summed E-state index contributed by atoms with van der Waals surface area (Å²) >= 11 is 0. The zero-order valence-corrected chi connectivity index (χ0v) is 21.3. The second kappa shape index (κ2) is 11.6. The van der Waals surface area contributed by atoms with Crippen LogP contribution in [-0.2, 0) is 16.1 Å². The van der Waals surface area contributed by atoms with Gasteiger partial charge in [-0.05, 0) is 67.4 Å². The Morgan fingerprint density at radius 1 is 0.919 bits per heavy atom. The molecule has 192 valence electrons. The molecule has 8 nitrogen and oxygen atoms in total. The van der Waals surface area contributed by atoms with Crippen molar-refractivity contribution in [3.05, 3.63) is 83.9 Å². The van der Waals surface area contributed by atoms with E-state index in [0.717, 1.165) is 28.2 Å². The van der Waals surface area contributed by atoms with Crippen molar-refractivity contribution >= 4 is 29.2 Å². The lowest BCUT2D eigenvalue weighted by atomic mass is 10.1. The fourth-order valence-corrected chi connectivity index (χ4v) is 4.11. The smallest absolute Gasteiger partial charge is 0.332 e. The first kappa shape index (κ1) is 25.8. The highest BCUT2D eigenvalue weighted by atomic mass is 16.5. The summed E-state index contributed by atoms with van der Waals surface area (Å²) in [6.45, 7) is 4.76. The van der Waals surface area contributed by atoms with E-state index in [4.69, 9.17) is 9.47 Å². The number of methoxy groups -OCH3 is 1. The molecular weight excluding hydrogens is 470 g/mol. The van der Waals surface area contributed by atoms with Crippen molar-refractivity contribution in [2.75, 3.05) is 23.9 Å². The van der Waals surface area contributed by atoms with Gasteiger partial charge in [-0.1, -0.05) is 36.8 Å². The van der Waals surface area contributed by atoms with E-state index in [-0.39, 0.29) is 18.9 Å². The summed E-state index contributed by atoms with van der Waals surface area (Å²) < 4.78 is 10.8. The molecular formula is C29H31N3O5. The SMILES string of the molecule is CCCOc1ccc(NC(=O)C[C@@H]2C(=O)N(c3ccc(C)cc3)C(=O)N2Cc2ccc(OC)cc2)cc1. The Morgan fingerprint density at radius 3 is 2.19 bits per heavy atom. The van der Waals surface area contributed by atoms with E-state index in [1.165, 1.54) is 4.90 Å². The highest BCUT2D eigenvalue weighted by Gasteiger charge is 2.46. The van der Waals surface area contributed by atoms with Crippen LogP contribution in [0.2, 0.25) is 0 Å². The van der Waals surface area contributed by atoms with Gasteiger partial charge >= 0.3 is 6.03 Å². The van der Waals surface area contributed by atoms with Crippen LogP contribution in [0.25, 0.3) is 0 Å². The predicted octanol–water partition coefficient (Wildman–Crippen LogP) is 5.16. The minimum absolute atomic E-state index is 0.169. The number of nitrogens with zero attached hydrogens (tertiary/aromatic N) is 2. The number of rotatable bonds is 10. The van der Waals surface area contributed by atoms with Crippen molar-refractivity contribution in [2.24, 2.45) is 0 Å². The molecule has 8 heteroatoms. The summed E-state index contributed by atoms with van der Waals surface area (Å²) in [6.07, 6.45) is 0.733. The van der Waals surface area contributed by atoms with Gasteiger partial charge in [0.05, 0.1) is 25.8 Å². The lowest BCUT2D eigenvalue weighted by molar-refractivity contribution is -0.124. The predicted molar refractivity (Wildman–Crippen MR) is 142 cm³/mol. The molecule has 0 aromatic heterocycles. The molecule has 0 bridgehead atoms. The van der Waals surface area contributed by atoms with E-state index in [9.17, 15) is 14.4 Å². The van der Waals surface area contributed by atoms with Crippen molar-refractivity contribution in [3.63, 3.8) is 0 Å². The standard InChI is InChI=1S/C29H31N3O5/c1-4-17-37-25-15-9-22(10-16-25)30-27(33)18-26-28(34)32(23-11-5-20(2)6-12-23)29(35)31(26)19-21-7-13-24(36-3)14-8-21/h5-16,26H,4,17-19H2,1-3H3,(H,30,33)/t26-/m1/s1. The highest BCUT2D eigenvalue weighted by Crippen LogP contribution is 2.29. The number of aryl methyl sites for hydroxylation is 1. The number of amides is 4. The molecule has 1 aliphatic rings. The van der Waals surface area contributed by atoms with Crippen molar-refractivity contribution in [1.29, 1.82) is 0 Å². The van der Waals surface area contributed by atoms with Gasteiger partial charge in [-0.25, -0.2) is 9.69 Å². The second-order valence-corrected chi connectivity index (χ2v) is 8.91. The Morgan fingerprint density at radius 2 is 1.57 bits per heavy atom. The van der Waals surface area contributed by atoms with Crippen molar-refractivity contribution in [2.45, 2.75) is 39.3 Å². The summed E-state index contributed by atoms with van der Waals surface area (Å²) in [5.41, 5.74) is 2.90. The molecule has 0 unspecified atom stereocenters. The van der Waals surface area contributed by atoms with Crippen LogP contribution in [0.4, 0.5) is 16.2 Å². The van der Waals surface area contributed by atoms with Crippen molar-refractivity contribution < 1.29 is 23.9 Å². The molecule has 0 aliphatic carbocycles. The topological polar surface area (TPSA) is 88.2 Å². The van der Waals surface area contributed by atoms with Gasteiger partial charge in [0.1, 0.15) is 17.5 Å². The van der Waals surface area contributed by atoms with E-state index in [2.05, 4.69) is 5.32 Å². The summed E-state index contributed by atoms with van der Waals surface area (Å²) in [7, 11) is 1.58. The van der Waals surface area contributed by atoms with Crippen LogP contribution in [-0.4, -0.2) is 42.5 Å². The maximum Gasteiger partial charge on any atom is 0.332 e. The first-order valence-electron chi connectivity index (χ1n) is 12.3. The number of carbonyl (C=O) groups is 3. The summed E-state index contributed by atoms with van der Waals surface area (Å²) in [6, 6.07) is 20.1. The molecule has 1 atom stereocenters. The number of benzene rings is 3. The van der Waals surface area contributed by atoms with Gasteiger partial charge in [0.15, 0.2) is 0 Å². The average Bonchev–Trinajstić information content (AvgIpc) is 3.13. The monoisotopic (exact) mass is 501 g/mol. The van der Waals surface area contributed by atoms with E-state index in [0.29, 0.717) is 23.7 Å². The van der Waals surface area contributed by atoms with Crippen LogP contribution in [0, 0.1) is 6.92 Å². The molecule has 0 saturated carbocycles. The molecule has 0 radical (unpaired) electrons. The molecule has 1 aliphatic heterocycles. The van der Waals surface area contributed by atoms with Gasteiger partial charge < -0.3 is 19.7 Å². The Kier molecular flexibility index (Phi) is 8.08. The third kappa shape index (κ3) is 6.09. The van der Waals surface area contributed by atoms with Crippen LogP contribution in [0.15, 0.2) is 72.8 Å². The van der Waals surface area contributed by atoms with E-state index in [1.807, 2.05) is 38.1 Å². The number of urea groups is 1. The highest BCUT2D eigenvalue weighted by molar-refractivity contribution is 6.22. The number of carbonyl (C=O) groups excluding carboxylic acids is 3. The van der Waals surface area contributed by atoms with Gasteiger partial charge in [-0.15, -0.1) is 0 Å². The first-order valence-corrected chi connectivity index (χ1v) is 12.3. The summed E-state index contributed by atoms with van der Waals surface area (Å²) in [4.78, 5) is 42.5. The van der Waals surface area contributed by atoms with E-state index in [1.54, 1.807) is 55.6 Å². The maximum absolute atomic E-state index is 13.5. The average molecular weight is 502 g/mol. The molecule has 1 N–H and O–H groups in total. The second-order valence-electron chi connectivity index (χ2n) is 8.91. The fraction of sp³-hybridized carbons (Fsp3) is 0.276. The van der Waals surface area contributed by atoms with Crippen molar-refractivity contribution in [1.82, 2.24) is 4.90 Å². The maximum atomic E-state index is 13.5. The number of hydrogen-bond donors (Lipinski definition) is 1. The Hall–Kier alpha value is -4.33. The molecule has 3 aromatic rings. The normalized spacial score (nSPS) is 15.2. The summed E-state index contributed by atoms with van der Waals surface area (Å²) in [5.74, 6) is 0.617. The molecule has 3 aromatic carbocycles. The van der Waals surface area contributed by atoms with Crippen molar-refractivity contribution in [3.8, 4) is 11.5 Å². The number of ether oxygens (including phenoxy) is 2. The van der Waals surface area contributed by atoms with Crippen LogP contribution < -0.4 is 19.7 Å². The van der Waals surface area contributed by atoms with Gasteiger partial charge in [-0.2, -0.15) is 0 Å².